The van der Waals surface area contributed by atoms with Crippen LogP contribution in [0.15, 0.2) is 12.2 Å². The molecule has 0 amide bonds. The van der Waals surface area contributed by atoms with Crippen LogP contribution in [-0.2, 0) is 14.3 Å². The first-order chi connectivity index (χ1) is 4.29. The highest BCUT2D eigenvalue weighted by atomic mass is 16.6. The van der Waals surface area contributed by atoms with Crippen molar-refractivity contribution in [3.8, 4) is 0 Å². The van der Waals surface area contributed by atoms with E-state index in [1.165, 1.54) is 0 Å². The van der Waals surface area contributed by atoms with E-state index < -0.39 is 11.9 Å². The molecule has 0 spiro atoms. The van der Waals surface area contributed by atoms with Gasteiger partial charge in [-0.3, -0.25) is 0 Å². The van der Waals surface area contributed by atoms with Gasteiger partial charge in [0.2, 0.25) is 0 Å². The van der Waals surface area contributed by atoms with Crippen LogP contribution in [0, 0.1) is 0 Å². The maximum atomic E-state index is 9.92. The highest BCUT2D eigenvalue weighted by molar-refractivity contribution is 6.04. The maximum Gasteiger partial charge on any atom is 0.338 e. The molecule has 0 fully saturated rings. The molecular formula is C5H6O4. The van der Waals surface area contributed by atoms with Gasteiger partial charge in [-0.05, 0) is 0 Å². The van der Waals surface area contributed by atoms with Crippen molar-refractivity contribution in [3.63, 3.8) is 0 Å². The number of hydrogen-bond acceptors (Lipinski definition) is 4. The van der Waals surface area contributed by atoms with Gasteiger partial charge in [0, 0.05) is 19.3 Å². The summed E-state index contributed by atoms with van der Waals surface area (Å²) >= 11 is 0. The molecule has 0 bridgehead atoms. The zero-order valence-electron chi connectivity index (χ0n) is 4.83. The number of esters is 2. The molecule has 1 aliphatic heterocycles. The molecule has 0 radical (unpaired) electrons. The van der Waals surface area contributed by atoms with Crippen LogP contribution < -0.4 is 0 Å². The summed E-state index contributed by atoms with van der Waals surface area (Å²) < 4.78 is 3.97. The van der Waals surface area contributed by atoms with Gasteiger partial charge in [-0.2, -0.15) is 0 Å². The number of ether oxygens (including phenoxy) is 1. The van der Waals surface area contributed by atoms with E-state index in [0.29, 0.717) is 0 Å². The number of carbonyl (C=O) groups is 2. The number of cyclic esters (lactones) is 2. The molecule has 0 saturated carbocycles. The zero-order valence-corrected chi connectivity index (χ0v) is 4.83. The van der Waals surface area contributed by atoms with Crippen LogP contribution >= 0.6 is 0 Å². The van der Waals surface area contributed by atoms with Crippen LogP contribution in [0.2, 0.25) is 0 Å². The first kappa shape index (κ1) is 7.84. The second-order valence-corrected chi connectivity index (χ2v) is 1.07. The maximum absolute atomic E-state index is 9.92. The summed E-state index contributed by atoms with van der Waals surface area (Å²) in [5.41, 5.74) is 0. The number of rotatable bonds is 0. The summed E-state index contributed by atoms with van der Waals surface area (Å²) in [5, 5.41) is 7.00. The fourth-order valence-corrected chi connectivity index (χ4v) is 0.303. The minimum Gasteiger partial charge on any atom is -0.400 e. The van der Waals surface area contributed by atoms with Crippen LogP contribution in [0.1, 0.15) is 0 Å². The third kappa shape index (κ3) is 2.61. The Balaban J connectivity index is 0.000000291. The lowest BCUT2D eigenvalue weighted by atomic mass is 10.6. The lowest BCUT2D eigenvalue weighted by molar-refractivity contribution is -0.150. The van der Waals surface area contributed by atoms with Gasteiger partial charge in [-0.25, -0.2) is 9.59 Å². The van der Waals surface area contributed by atoms with Gasteiger partial charge in [-0.1, -0.05) is 0 Å². The summed E-state index contributed by atoms with van der Waals surface area (Å²) in [6, 6.07) is 0. The second kappa shape index (κ2) is 3.80. The predicted molar refractivity (Wildman–Crippen MR) is 28.4 cm³/mol. The van der Waals surface area contributed by atoms with Gasteiger partial charge in [-0.15, -0.1) is 0 Å². The van der Waals surface area contributed by atoms with E-state index in [1.54, 1.807) is 0 Å². The van der Waals surface area contributed by atoms with E-state index in [4.69, 9.17) is 5.11 Å². The lowest BCUT2D eigenvalue weighted by Crippen LogP contribution is -1.96. The van der Waals surface area contributed by atoms with Crippen LogP contribution in [0.25, 0.3) is 0 Å². The van der Waals surface area contributed by atoms with Crippen LogP contribution in [0.5, 0.6) is 0 Å². The SMILES string of the molecule is CO.O=C1C=CC(=O)O1. The van der Waals surface area contributed by atoms with E-state index >= 15 is 0 Å². The van der Waals surface area contributed by atoms with E-state index in [-0.39, 0.29) is 0 Å². The molecule has 1 N–H and O–H groups in total. The fourth-order valence-electron chi connectivity index (χ4n) is 0.303. The molecule has 0 atom stereocenters. The molecule has 4 nitrogen and oxygen atoms in total. The van der Waals surface area contributed by atoms with E-state index in [9.17, 15) is 9.59 Å². The Morgan fingerprint density at radius 2 is 1.56 bits per heavy atom. The summed E-state index contributed by atoms with van der Waals surface area (Å²) in [4.78, 5) is 19.8. The van der Waals surface area contributed by atoms with Crippen molar-refractivity contribution in [2.24, 2.45) is 0 Å². The summed E-state index contributed by atoms with van der Waals surface area (Å²) in [5.74, 6) is -1.16. The first-order valence-corrected chi connectivity index (χ1v) is 2.17. The quantitative estimate of drug-likeness (QED) is 0.345. The van der Waals surface area contributed by atoms with Gasteiger partial charge < -0.3 is 9.84 Å². The molecular weight excluding hydrogens is 124 g/mol. The third-order valence-corrected chi connectivity index (χ3v) is 0.557. The number of hydrogen-bond donors (Lipinski definition) is 1. The molecule has 4 heteroatoms. The molecule has 1 aliphatic rings. The Bertz CT molecular complexity index is 131. The number of aliphatic hydroxyl groups is 1. The van der Waals surface area contributed by atoms with Crippen molar-refractivity contribution in [3.05, 3.63) is 12.2 Å². The van der Waals surface area contributed by atoms with Crippen LogP contribution in [0.4, 0.5) is 0 Å². The monoisotopic (exact) mass is 130 g/mol. The average molecular weight is 130 g/mol. The summed E-state index contributed by atoms with van der Waals surface area (Å²) in [6.07, 6.45) is 2.17. The summed E-state index contributed by atoms with van der Waals surface area (Å²) in [7, 11) is 1.00. The number of carbonyl (C=O) groups excluding carboxylic acids is 2. The number of aliphatic hydroxyl groups excluding tert-OH is 1. The predicted octanol–water partition coefficient (Wildman–Crippen LogP) is -0.766. The average Bonchev–Trinajstić information content (AvgIpc) is 2.20. The molecule has 0 aromatic heterocycles. The molecule has 50 valence electrons. The highest BCUT2D eigenvalue weighted by Crippen LogP contribution is 1.92. The smallest absolute Gasteiger partial charge is 0.338 e. The Morgan fingerprint density at radius 3 is 1.67 bits per heavy atom. The molecule has 0 aliphatic carbocycles. The van der Waals surface area contributed by atoms with Gasteiger partial charge in [0.1, 0.15) is 0 Å². The zero-order chi connectivity index (χ0) is 7.28. The Kier molecular flexibility index (Phi) is 3.31. The van der Waals surface area contributed by atoms with Crippen LogP contribution in [-0.4, -0.2) is 24.2 Å². The minimum atomic E-state index is -0.579. The molecule has 0 aromatic carbocycles. The Morgan fingerprint density at radius 1 is 1.22 bits per heavy atom. The lowest BCUT2D eigenvalue weighted by Gasteiger charge is -1.80. The third-order valence-electron chi connectivity index (χ3n) is 0.557. The fraction of sp³-hybridized carbons (Fsp3) is 0.200. The minimum absolute atomic E-state index is 0.579. The van der Waals surface area contributed by atoms with Gasteiger partial charge in [0.15, 0.2) is 0 Å². The Labute approximate surface area is 51.7 Å². The van der Waals surface area contributed by atoms with Gasteiger partial charge in [0.05, 0.1) is 0 Å². The van der Waals surface area contributed by atoms with E-state index in [1.807, 2.05) is 0 Å². The standard InChI is InChI=1S/C4H2O3.CH4O/c5-3-1-2-4(6)7-3;1-2/h1-2H;2H,1H3. The van der Waals surface area contributed by atoms with Crippen molar-refractivity contribution in [2.75, 3.05) is 7.11 Å². The molecule has 9 heavy (non-hydrogen) atoms. The van der Waals surface area contributed by atoms with Crippen molar-refractivity contribution in [2.45, 2.75) is 0 Å². The normalized spacial score (nSPS) is 14.4. The van der Waals surface area contributed by atoms with E-state index in [2.05, 4.69) is 4.74 Å². The van der Waals surface area contributed by atoms with Crippen molar-refractivity contribution < 1.29 is 19.4 Å². The molecule has 1 heterocycles. The van der Waals surface area contributed by atoms with Crippen molar-refractivity contribution >= 4 is 11.9 Å². The van der Waals surface area contributed by atoms with E-state index in [0.717, 1.165) is 19.3 Å². The molecule has 0 saturated heterocycles. The Hall–Kier alpha value is -1.16. The summed E-state index contributed by atoms with van der Waals surface area (Å²) in [6.45, 7) is 0. The molecule has 1 rings (SSSR count). The van der Waals surface area contributed by atoms with Gasteiger partial charge >= 0.3 is 11.9 Å². The molecule has 0 unspecified atom stereocenters. The largest absolute Gasteiger partial charge is 0.400 e. The van der Waals surface area contributed by atoms with Crippen molar-refractivity contribution in [1.82, 2.24) is 0 Å². The molecule has 0 aromatic rings. The first-order valence-electron chi connectivity index (χ1n) is 2.17. The highest BCUT2D eigenvalue weighted by Gasteiger charge is 2.10. The van der Waals surface area contributed by atoms with Crippen molar-refractivity contribution in [1.29, 1.82) is 0 Å². The van der Waals surface area contributed by atoms with Crippen LogP contribution in [0.3, 0.4) is 0 Å². The second-order valence-electron chi connectivity index (χ2n) is 1.07. The van der Waals surface area contributed by atoms with Gasteiger partial charge in [0.25, 0.3) is 0 Å². The topological polar surface area (TPSA) is 63.6 Å².